The van der Waals surface area contributed by atoms with Crippen LogP contribution in [0.1, 0.15) is 18.2 Å². The number of aromatic nitrogens is 1. The Kier molecular flexibility index (Phi) is 4.87. The van der Waals surface area contributed by atoms with Crippen molar-refractivity contribution in [3.8, 4) is 11.1 Å². The van der Waals surface area contributed by atoms with Crippen molar-refractivity contribution < 1.29 is 9.90 Å². The molecule has 1 atom stereocenters. The van der Waals surface area contributed by atoms with Crippen molar-refractivity contribution in [3.05, 3.63) is 65.5 Å². The molecule has 3 aromatic rings. The molecule has 3 N–H and O–H groups in total. The summed E-state index contributed by atoms with van der Waals surface area (Å²) in [7, 11) is 0. The van der Waals surface area contributed by atoms with E-state index in [1.165, 1.54) is 45.1 Å². The van der Waals surface area contributed by atoms with Gasteiger partial charge in [-0.2, -0.15) is 0 Å². The van der Waals surface area contributed by atoms with E-state index in [0.717, 1.165) is 25.0 Å². The van der Waals surface area contributed by atoms with Crippen molar-refractivity contribution >= 4 is 34.8 Å². The molecule has 7 heteroatoms. The second-order valence-electron chi connectivity index (χ2n) is 8.07. The van der Waals surface area contributed by atoms with Crippen molar-refractivity contribution in [2.45, 2.75) is 30.6 Å². The Balaban J connectivity index is 1.48. The molecule has 0 bridgehead atoms. The van der Waals surface area contributed by atoms with Gasteiger partial charge in [0.1, 0.15) is 0 Å². The third kappa shape index (κ3) is 3.54. The lowest BCUT2D eigenvalue weighted by Gasteiger charge is -2.41. The first kappa shape index (κ1) is 19.9. The van der Waals surface area contributed by atoms with Crippen molar-refractivity contribution in [1.29, 1.82) is 0 Å². The maximum absolute atomic E-state index is 11.2. The molecule has 2 aromatic carbocycles. The van der Waals surface area contributed by atoms with E-state index in [1.807, 2.05) is 6.92 Å². The van der Waals surface area contributed by atoms with Crippen LogP contribution in [0.3, 0.4) is 0 Å². The van der Waals surface area contributed by atoms with Gasteiger partial charge in [0.05, 0.1) is 5.57 Å². The Morgan fingerprint density at radius 3 is 2.81 bits per heavy atom. The predicted octanol–water partition coefficient (Wildman–Crippen LogP) is 4.23. The SMILES string of the molecule is CSc1cccc(-c2ccc3[nH]c4c(c3c2)CN(C2(C)N=CC(C(=O)O)=CN2)CC4)c1. The average Bonchev–Trinajstić information content (AvgIpc) is 3.16. The summed E-state index contributed by atoms with van der Waals surface area (Å²) >= 11 is 1.75. The molecular weight excluding hydrogens is 408 g/mol. The zero-order valence-electron chi connectivity index (χ0n) is 17.5. The quantitative estimate of drug-likeness (QED) is 0.538. The highest BCUT2D eigenvalue weighted by Crippen LogP contribution is 2.34. The van der Waals surface area contributed by atoms with Crippen molar-refractivity contribution in [2.24, 2.45) is 4.99 Å². The van der Waals surface area contributed by atoms with E-state index in [0.29, 0.717) is 0 Å². The first-order chi connectivity index (χ1) is 15.0. The zero-order valence-corrected chi connectivity index (χ0v) is 18.3. The van der Waals surface area contributed by atoms with Gasteiger partial charge < -0.3 is 15.4 Å². The molecule has 0 radical (unpaired) electrons. The van der Waals surface area contributed by atoms with Gasteiger partial charge in [0.2, 0.25) is 0 Å². The van der Waals surface area contributed by atoms with Crippen molar-refractivity contribution in [1.82, 2.24) is 15.2 Å². The predicted molar refractivity (Wildman–Crippen MR) is 125 cm³/mol. The number of nitrogens with one attached hydrogen (secondary N) is 2. The number of aliphatic carboxylic acids is 1. The molecule has 158 valence electrons. The number of carbonyl (C=O) groups is 1. The van der Waals surface area contributed by atoms with Gasteiger partial charge in [-0.05, 0) is 54.1 Å². The summed E-state index contributed by atoms with van der Waals surface area (Å²) < 4.78 is 0. The fourth-order valence-electron chi connectivity index (χ4n) is 4.34. The van der Waals surface area contributed by atoms with Crippen molar-refractivity contribution in [3.63, 3.8) is 0 Å². The van der Waals surface area contributed by atoms with Crippen molar-refractivity contribution in [2.75, 3.05) is 12.8 Å². The monoisotopic (exact) mass is 432 g/mol. The number of aliphatic imine (C=N–C) groups is 1. The Morgan fingerprint density at radius 1 is 1.23 bits per heavy atom. The largest absolute Gasteiger partial charge is 0.478 e. The Morgan fingerprint density at radius 2 is 2.06 bits per heavy atom. The van der Waals surface area contributed by atoms with Gasteiger partial charge in [-0.3, -0.25) is 4.90 Å². The molecule has 31 heavy (non-hydrogen) atoms. The number of aromatic amines is 1. The van der Waals surface area contributed by atoms with E-state index in [-0.39, 0.29) is 5.57 Å². The number of hydrogen-bond acceptors (Lipinski definition) is 5. The van der Waals surface area contributed by atoms with Crippen LogP contribution in [0.5, 0.6) is 0 Å². The Bertz CT molecular complexity index is 1250. The number of nitrogens with zero attached hydrogens (tertiary/aromatic N) is 2. The van der Waals surface area contributed by atoms with E-state index in [9.17, 15) is 9.90 Å². The topological polar surface area (TPSA) is 80.7 Å². The van der Waals surface area contributed by atoms with Gasteiger partial charge in [0.25, 0.3) is 0 Å². The molecule has 0 fully saturated rings. The summed E-state index contributed by atoms with van der Waals surface area (Å²) in [5.41, 5.74) is 6.29. The minimum absolute atomic E-state index is 0.166. The zero-order chi connectivity index (χ0) is 21.6. The normalized spacial score (nSPS) is 20.9. The molecule has 0 saturated carbocycles. The van der Waals surface area contributed by atoms with Crippen LogP contribution in [0.4, 0.5) is 0 Å². The lowest BCUT2D eigenvalue weighted by molar-refractivity contribution is -0.132. The van der Waals surface area contributed by atoms with Crippen LogP contribution in [-0.4, -0.2) is 45.8 Å². The van der Waals surface area contributed by atoms with E-state index in [2.05, 4.69) is 68.9 Å². The molecule has 1 unspecified atom stereocenters. The van der Waals surface area contributed by atoms with E-state index >= 15 is 0 Å². The van der Waals surface area contributed by atoms with E-state index in [1.54, 1.807) is 11.8 Å². The van der Waals surface area contributed by atoms with Crippen LogP contribution in [0.25, 0.3) is 22.0 Å². The molecule has 0 saturated heterocycles. The van der Waals surface area contributed by atoms with Gasteiger partial charge in [0, 0.05) is 53.4 Å². The summed E-state index contributed by atoms with van der Waals surface area (Å²) in [4.78, 5) is 22.8. The van der Waals surface area contributed by atoms with E-state index < -0.39 is 11.8 Å². The van der Waals surface area contributed by atoms with Gasteiger partial charge in [0.15, 0.2) is 5.79 Å². The number of hydrogen-bond donors (Lipinski definition) is 3. The number of carboxylic acid groups (broad SMARTS) is 1. The summed E-state index contributed by atoms with van der Waals surface area (Å²) in [6.45, 7) is 3.55. The summed E-state index contributed by atoms with van der Waals surface area (Å²) in [5.74, 6) is -1.64. The number of benzene rings is 2. The molecule has 0 amide bonds. The first-order valence-electron chi connectivity index (χ1n) is 10.3. The van der Waals surface area contributed by atoms with Crippen LogP contribution in [0.15, 0.2) is 64.1 Å². The number of rotatable bonds is 4. The highest BCUT2D eigenvalue weighted by atomic mass is 32.2. The number of H-pyrrole nitrogens is 1. The highest BCUT2D eigenvalue weighted by Gasteiger charge is 2.35. The number of carboxylic acids is 1. The third-order valence-corrected chi connectivity index (χ3v) is 6.92. The maximum atomic E-state index is 11.2. The van der Waals surface area contributed by atoms with Crippen LogP contribution in [-0.2, 0) is 17.8 Å². The minimum atomic E-state index is -0.978. The molecular formula is C24H24N4O2S. The maximum Gasteiger partial charge on any atom is 0.338 e. The second-order valence-corrected chi connectivity index (χ2v) is 8.95. The minimum Gasteiger partial charge on any atom is -0.478 e. The number of fused-ring (bicyclic) bond motifs is 3. The fourth-order valence-corrected chi connectivity index (χ4v) is 4.80. The summed E-state index contributed by atoms with van der Waals surface area (Å²) in [5, 5.41) is 13.6. The van der Waals surface area contributed by atoms with Gasteiger partial charge in [-0.25, -0.2) is 9.79 Å². The fraction of sp³-hybridized carbons (Fsp3) is 0.250. The van der Waals surface area contributed by atoms with Crippen LogP contribution in [0, 0.1) is 0 Å². The van der Waals surface area contributed by atoms with Crippen LogP contribution < -0.4 is 5.32 Å². The standard InChI is InChI=1S/C24H24N4O2S/c1-24(25-12-17(13-26-24)23(29)30)28-9-8-22-20(14-28)19-11-16(6-7-21(19)27-22)15-4-3-5-18(10-15)31-2/h3-7,10-13,25,27H,8-9,14H2,1-2H3,(H,29,30). The molecule has 3 heterocycles. The average molecular weight is 433 g/mol. The molecule has 2 aliphatic heterocycles. The smallest absolute Gasteiger partial charge is 0.338 e. The Hall–Kier alpha value is -3.03. The van der Waals surface area contributed by atoms with Gasteiger partial charge in [-0.15, -0.1) is 11.8 Å². The highest BCUT2D eigenvalue weighted by molar-refractivity contribution is 7.98. The molecule has 0 aliphatic carbocycles. The molecule has 1 aromatic heterocycles. The number of thioether (sulfide) groups is 1. The Labute approximate surface area is 185 Å². The first-order valence-corrected chi connectivity index (χ1v) is 11.5. The van der Waals surface area contributed by atoms with Crippen LogP contribution >= 0.6 is 11.8 Å². The van der Waals surface area contributed by atoms with Gasteiger partial charge >= 0.3 is 5.97 Å². The lowest BCUT2D eigenvalue weighted by Crippen LogP contribution is -2.56. The summed E-state index contributed by atoms with van der Waals surface area (Å²) in [6.07, 6.45) is 5.97. The molecule has 2 aliphatic rings. The summed E-state index contributed by atoms with van der Waals surface area (Å²) in [6, 6.07) is 15.2. The second kappa shape index (κ2) is 7.59. The molecule has 0 spiro atoms. The molecule has 5 rings (SSSR count). The third-order valence-electron chi connectivity index (χ3n) is 6.20. The molecule has 6 nitrogen and oxygen atoms in total. The van der Waals surface area contributed by atoms with E-state index in [4.69, 9.17) is 0 Å². The van der Waals surface area contributed by atoms with Gasteiger partial charge in [-0.1, -0.05) is 18.2 Å². The van der Waals surface area contributed by atoms with Crippen LogP contribution in [0.2, 0.25) is 0 Å². The lowest BCUT2D eigenvalue weighted by atomic mass is 9.99.